The molecule has 1 aromatic heterocycles. The number of methoxy groups -OCH3 is 1. The van der Waals surface area contributed by atoms with Crippen LogP contribution in [0, 0.1) is 5.92 Å². The van der Waals surface area contributed by atoms with E-state index in [1.54, 1.807) is 0 Å². The summed E-state index contributed by atoms with van der Waals surface area (Å²) in [5, 5.41) is 7.28. The molecule has 6 heteroatoms. The van der Waals surface area contributed by atoms with Gasteiger partial charge >= 0.3 is 5.97 Å². The highest BCUT2D eigenvalue weighted by Gasteiger charge is 2.22. The average Bonchev–Trinajstić information content (AvgIpc) is 3.20. The van der Waals surface area contributed by atoms with Crippen molar-refractivity contribution < 1.29 is 14.3 Å². The lowest BCUT2D eigenvalue weighted by Crippen LogP contribution is -2.31. The molecule has 3 aromatic rings. The third-order valence-corrected chi connectivity index (χ3v) is 4.85. The van der Waals surface area contributed by atoms with Crippen LogP contribution in [0.2, 0.25) is 0 Å². The fourth-order valence-corrected chi connectivity index (χ4v) is 3.25. The molecule has 0 saturated heterocycles. The van der Waals surface area contributed by atoms with Crippen LogP contribution in [0.4, 0.5) is 0 Å². The van der Waals surface area contributed by atoms with E-state index in [2.05, 4.69) is 36.4 Å². The second-order valence-corrected chi connectivity index (χ2v) is 7.12. The minimum absolute atomic E-state index is 0.0879. The van der Waals surface area contributed by atoms with Crippen LogP contribution in [0.25, 0.3) is 5.69 Å². The zero-order chi connectivity index (χ0) is 20.8. The number of carbonyl (C=O) groups is 2. The van der Waals surface area contributed by atoms with Crippen molar-refractivity contribution in [2.24, 2.45) is 5.92 Å². The summed E-state index contributed by atoms with van der Waals surface area (Å²) in [5.74, 6) is -0.355. The molecule has 1 unspecified atom stereocenters. The van der Waals surface area contributed by atoms with E-state index in [1.165, 1.54) is 23.4 Å². The first kappa shape index (κ1) is 20.3. The van der Waals surface area contributed by atoms with Crippen LogP contribution in [-0.4, -0.2) is 35.3 Å². The molecular formula is C23H25N3O3. The molecule has 1 N–H and O–H groups in total. The van der Waals surface area contributed by atoms with Crippen molar-refractivity contribution >= 4 is 11.9 Å². The molecule has 0 fully saturated rings. The fraction of sp³-hybridized carbons (Fsp3) is 0.261. The van der Waals surface area contributed by atoms with E-state index in [9.17, 15) is 9.59 Å². The Labute approximate surface area is 170 Å². The third kappa shape index (κ3) is 4.71. The molecule has 2 aromatic carbocycles. The number of nitrogens with zero attached hydrogens (tertiary/aromatic N) is 2. The van der Waals surface area contributed by atoms with Crippen molar-refractivity contribution in [3.05, 3.63) is 83.7 Å². The van der Waals surface area contributed by atoms with Crippen LogP contribution in [0.5, 0.6) is 0 Å². The quantitative estimate of drug-likeness (QED) is 0.621. The fourth-order valence-electron chi connectivity index (χ4n) is 3.25. The molecule has 0 aliphatic carbocycles. The van der Waals surface area contributed by atoms with Crippen LogP contribution >= 0.6 is 0 Å². The lowest BCUT2D eigenvalue weighted by Gasteiger charge is -2.22. The summed E-state index contributed by atoms with van der Waals surface area (Å²) in [6, 6.07) is 20.8. The Morgan fingerprint density at radius 2 is 1.66 bits per heavy atom. The second kappa shape index (κ2) is 9.19. The number of benzene rings is 2. The van der Waals surface area contributed by atoms with Gasteiger partial charge in [0.1, 0.15) is 5.69 Å². The van der Waals surface area contributed by atoms with Crippen LogP contribution in [0.3, 0.4) is 0 Å². The van der Waals surface area contributed by atoms with Crippen LogP contribution in [-0.2, 0) is 4.74 Å². The van der Waals surface area contributed by atoms with Crippen molar-refractivity contribution in [2.75, 3.05) is 13.7 Å². The smallest absolute Gasteiger partial charge is 0.358 e. The van der Waals surface area contributed by atoms with Crippen LogP contribution in [0.15, 0.2) is 66.7 Å². The summed E-state index contributed by atoms with van der Waals surface area (Å²) < 4.78 is 6.23. The number of para-hydroxylation sites is 1. The van der Waals surface area contributed by atoms with Gasteiger partial charge in [-0.1, -0.05) is 62.4 Å². The predicted molar refractivity (Wildman–Crippen MR) is 111 cm³/mol. The lowest BCUT2D eigenvalue weighted by atomic mass is 9.88. The highest BCUT2D eigenvalue weighted by Crippen LogP contribution is 2.23. The molecule has 1 atom stereocenters. The zero-order valence-electron chi connectivity index (χ0n) is 16.8. The zero-order valence-corrected chi connectivity index (χ0v) is 16.8. The van der Waals surface area contributed by atoms with Crippen LogP contribution in [0.1, 0.15) is 46.3 Å². The van der Waals surface area contributed by atoms with Gasteiger partial charge in [0.2, 0.25) is 0 Å². The predicted octanol–water partition coefficient (Wildman–Crippen LogP) is 3.83. The van der Waals surface area contributed by atoms with Gasteiger partial charge in [0.15, 0.2) is 5.69 Å². The molecule has 0 saturated carbocycles. The number of ether oxygens (including phenoxy) is 1. The Morgan fingerprint density at radius 1 is 1.03 bits per heavy atom. The summed E-state index contributed by atoms with van der Waals surface area (Å²) in [6.45, 7) is 4.74. The summed E-state index contributed by atoms with van der Waals surface area (Å²) in [7, 11) is 1.29. The minimum Gasteiger partial charge on any atom is -0.464 e. The topological polar surface area (TPSA) is 73.2 Å². The van der Waals surface area contributed by atoms with Crippen LogP contribution < -0.4 is 5.32 Å². The Hall–Kier alpha value is -3.41. The number of amides is 1. The Morgan fingerprint density at radius 3 is 2.24 bits per heavy atom. The normalized spacial score (nSPS) is 11.9. The summed E-state index contributed by atoms with van der Waals surface area (Å²) in [4.78, 5) is 24.9. The number of esters is 1. The largest absolute Gasteiger partial charge is 0.464 e. The van der Waals surface area contributed by atoms with Crippen molar-refractivity contribution in [2.45, 2.75) is 19.8 Å². The standard InChI is InChI=1S/C23H25N3O3/c1-16(2)19(17-10-6-4-7-11-17)15-24-22(27)21-14-20(23(28)29-3)25-26(21)18-12-8-5-9-13-18/h4-14,16,19H,15H2,1-3H3,(H,24,27). The van der Waals surface area contributed by atoms with Gasteiger partial charge in [-0.25, -0.2) is 9.48 Å². The summed E-state index contributed by atoms with van der Waals surface area (Å²) >= 11 is 0. The molecule has 29 heavy (non-hydrogen) atoms. The van der Waals surface area contributed by atoms with Gasteiger partial charge in [-0.15, -0.1) is 0 Å². The van der Waals surface area contributed by atoms with E-state index in [0.29, 0.717) is 18.2 Å². The maximum atomic E-state index is 13.0. The summed E-state index contributed by atoms with van der Waals surface area (Å²) in [5.41, 5.74) is 2.24. The summed E-state index contributed by atoms with van der Waals surface area (Å²) in [6.07, 6.45) is 0. The highest BCUT2D eigenvalue weighted by molar-refractivity contribution is 5.96. The molecule has 0 radical (unpaired) electrons. The van der Waals surface area contributed by atoms with Crippen molar-refractivity contribution in [3.8, 4) is 5.69 Å². The van der Waals surface area contributed by atoms with E-state index in [-0.39, 0.29) is 23.2 Å². The number of aromatic nitrogens is 2. The minimum atomic E-state index is -0.585. The highest BCUT2D eigenvalue weighted by atomic mass is 16.5. The van der Waals surface area contributed by atoms with Gasteiger partial charge < -0.3 is 10.1 Å². The second-order valence-electron chi connectivity index (χ2n) is 7.12. The first-order chi connectivity index (χ1) is 14.0. The number of nitrogens with one attached hydrogen (secondary N) is 1. The Balaban J connectivity index is 1.86. The van der Waals surface area contributed by atoms with E-state index >= 15 is 0 Å². The first-order valence-electron chi connectivity index (χ1n) is 9.58. The van der Waals surface area contributed by atoms with Gasteiger partial charge in [0, 0.05) is 18.5 Å². The van der Waals surface area contributed by atoms with Crippen molar-refractivity contribution in [3.63, 3.8) is 0 Å². The van der Waals surface area contributed by atoms with E-state index < -0.39 is 5.97 Å². The monoisotopic (exact) mass is 391 g/mol. The first-order valence-corrected chi connectivity index (χ1v) is 9.58. The number of hydrogen-bond acceptors (Lipinski definition) is 4. The number of rotatable bonds is 7. The Bertz CT molecular complexity index is 966. The molecule has 0 aliphatic heterocycles. The number of carbonyl (C=O) groups excluding carboxylic acids is 2. The molecule has 0 spiro atoms. The van der Waals surface area contributed by atoms with E-state index in [1.807, 2.05) is 48.5 Å². The van der Waals surface area contributed by atoms with Gasteiger partial charge in [-0.2, -0.15) is 5.10 Å². The van der Waals surface area contributed by atoms with Gasteiger partial charge in [0.05, 0.1) is 12.8 Å². The van der Waals surface area contributed by atoms with Crippen molar-refractivity contribution in [1.82, 2.24) is 15.1 Å². The molecule has 0 bridgehead atoms. The molecule has 3 rings (SSSR count). The van der Waals surface area contributed by atoms with Gasteiger partial charge in [-0.3, -0.25) is 4.79 Å². The maximum Gasteiger partial charge on any atom is 0.358 e. The molecule has 1 heterocycles. The van der Waals surface area contributed by atoms with Gasteiger partial charge in [-0.05, 0) is 23.6 Å². The lowest BCUT2D eigenvalue weighted by molar-refractivity contribution is 0.0593. The van der Waals surface area contributed by atoms with Crippen molar-refractivity contribution in [1.29, 1.82) is 0 Å². The average molecular weight is 391 g/mol. The van der Waals surface area contributed by atoms with Gasteiger partial charge in [0.25, 0.3) is 5.91 Å². The molecule has 150 valence electrons. The molecule has 0 aliphatic rings. The molecular weight excluding hydrogens is 366 g/mol. The van der Waals surface area contributed by atoms with E-state index in [4.69, 9.17) is 4.74 Å². The SMILES string of the molecule is COC(=O)c1cc(C(=O)NCC(c2ccccc2)C(C)C)n(-c2ccccc2)n1. The molecule has 1 amide bonds. The Kier molecular flexibility index (Phi) is 6.44. The third-order valence-electron chi connectivity index (χ3n) is 4.85. The molecule has 6 nitrogen and oxygen atoms in total. The maximum absolute atomic E-state index is 13.0. The number of hydrogen-bond donors (Lipinski definition) is 1. The van der Waals surface area contributed by atoms with E-state index in [0.717, 1.165) is 0 Å².